The third-order valence-electron chi connectivity index (χ3n) is 2.83. The Kier molecular flexibility index (Phi) is 3.33. The lowest BCUT2D eigenvalue weighted by atomic mass is 9.96. The highest BCUT2D eigenvalue weighted by atomic mass is 16.5. The highest BCUT2D eigenvalue weighted by Gasteiger charge is 2.20. The molecule has 0 unspecified atom stereocenters. The van der Waals surface area contributed by atoms with Crippen LogP contribution in [0.25, 0.3) is 5.57 Å². The molecule has 1 aromatic carbocycles. The maximum absolute atomic E-state index is 11.9. The van der Waals surface area contributed by atoms with Gasteiger partial charge in [-0.1, -0.05) is 30.9 Å². The number of nitrogen functional groups attached to an aromatic ring is 1. The van der Waals surface area contributed by atoms with Gasteiger partial charge in [-0.25, -0.2) is 4.79 Å². The fourth-order valence-corrected chi connectivity index (χ4v) is 2.02. The van der Waals surface area contributed by atoms with Crippen LogP contribution in [0.2, 0.25) is 0 Å². The lowest BCUT2D eigenvalue weighted by Crippen LogP contribution is -2.04. The van der Waals surface area contributed by atoms with Crippen molar-refractivity contribution >= 4 is 17.2 Å². The van der Waals surface area contributed by atoms with Gasteiger partial charge in [0.2, 0.25) is 0 Å². The molecule has 0 aromatic heterocycles. The summed E-state index contributed by atoms with van der Waals surface area (Å²) in [4.78, 5) is 11.9. The summed E-state index contributed by atoms with van der Waals surface area (Å²) in [6.07, 6.45) is 5.23. The van der Waals surface area contributed by atoms with Gasteiger partial charge in [-0.3, -0.25) is 0 Å². The Bertz CT molecular complexity index is 568. The van der Waals surface area contributed by atoms with Crippen molar-refractivity contribution in [2.24, 2.45) is 0 Å². The number of allylic oxidation sites excluding steroid dienone is 3. The zero-order chi connectivity index (χ0) is 13.1. The minimum atomic E-state index is -0.335. The van der Waals surface area contributed by atoms with E-state index < -0.39 is 0 Å². The SMILES string of the molecule is C=CC1=C(/C=C\C)C(=O)OCc2cc(N)ccc21. The molecule has 0 saturated heterocycles. The summed E-state index contributed by atoms with van der Waals surface area (Å²) in [6, 6.07) is 5.53. The predicted octanol–water partition coefficient (Wildman–Crippen LogP) is 2.84. The summed E-state index contributed by atoms with van der Waals surface area (Å²) in [5.41, 5.74) is 9.56. The van der Waals surface area contributed by atoms with Crippen LogP contribution in [-0.4, -0.2) is 5.97 Å². The molecule has 0 fully saturated rings. The summed E-state index contributed by atoms with van der Waals surface area (Å²) in [5, 5.41) is 0. The highest BCUT2D eigenvalue weighted by Crippen LogP contribution is 2.30. The number of nitrogens with two attached hydrogens (primary N) is 1. The van der Waals surface area contributed by atoms with Gasteiger partial charge in [-0.2, -0.15) is 0 Å². The number of hydrogen-bond donors (Lipinski definition) is 1. The Morgan fingerprint density at radius 1 is 1.39 bits per heavy atom. The molecule has 0 atom stereocenters. The van der Waals surface area contributed by atoms with Crippen LogP contribution in [-0.2, 0) is 16.1 Å². The van der Waals surface area contributed by atoms with Gasteiger partial charge in [0, 0.05) is 5.69 Å². The lowest BCUT2D eigenvalue weighted by molar-refractivity contribution is -0.139. The highest BCUT2D eigenvalue weighted by molar-refractivity contribution is 6.03. The van der Waals surface area contributed by atoms with Crippen LogP contribution in [0.15, 0.2) is 48.6 Å². The average molecular weight is 241 g/mol. The Balaban J connectivity index is 2.70. The third kappa shape index (κ3) is 2.07. The molecule has 0 bridgehead atoms. The quantitative estimate of drug-likeness (QED) is 0.640. The van der Waals surface area contributed by atoms with Crippen LogP contribution in [0.4, 0.5) is 5.69 Å². The van der Waals surface area contributed by atoms with Gasteiger partial charge >= 0.3 is 5.97 Å². The summed E-state index contributed by atoms with van der Waals surface area (Å²) in [7, 11) is 0. The summed E-state index contributed by atoms with van der Waals surface area (Å²) < 4.78 is 5.23. The second kappa shape index (κ2) is 4.92. The maximum Gasteiger partial charge on any atom is 0.339 e. The molecule has 0 amide bonds. The number of hydrogen-bond acceptors (Lipinski definition) is 3. The largest absolute Gasteiger partial charge is 0.457 e. The van der Waals surface area contributed by atoms with E-state index in [1.54, 1.807) is 12.2 Å². The van der Waals surface area contributed by atoms with Crippen molar-refractivity contribution in [3.8, 4) is 0 Å². The Morgan fingerprint density at radius 3 is 2.83 bits per heavy atom. The molecule has 0 aliphatic carbocycles. The van der Waals surface area contributed by atoms with Crippen molar-refractivity contribution in [3.05, 3.63) is 59.7 Å². The number of benzene rings is 1. The first-order chi connectivity index (χ1) is 8.67. The van der Waals surface area contributed by atoms with Gasteiger partial charge in [0.1, 0.15) is 6.61 Å². The summed E-state index contributed by atoms with van der Waals surface area (Å²) >= 11 is 0. The van der Waals surface area contributed by atoms with Crippen molar-refractivity contribution in [1.29, 1.82) is 0 Å². The monoisotopic (exact) mass is 241 g/mol. The van der Waals surface area contributed by atoms with Crippen molar-refractivity contribution < 1.29 is 9.53 Å². The second-order valence-electron chi connectivity index (χ2n) is 4.02. The van der Waals surface area contributed by atoms with E-state index in [0.29, 0.717) is 11.3 Å². The number of carbonyl (C=O) groups excluding carboxylic acids is 1. The van der Waals surface area contributed by atoms with Crippen LogP contribution in [0, 0.1) is 0 Å². The number of cyclic esters (lactones) is 1. The van der Waals surface area contributed by atoms with E-state index in [9.17, 15) is 4.79 Å². The first-order valence-corrected chi connectivity index (χ1v) is 5.72. The normalized spacial score (nSPS) is 15.3. The van der Waals surface area contributed by atoms with E-state index in [1.165, 1.54) is 0 Å². The van der Waals surface area contributed by atoms with Crippen LogP contribution in [0.5, 0.6) is 0 Å². The first kappa shape index (κ1) is 12.2. The molecule has 3 heteroatoms. The third-order valence-corrected chi connectivity index (χ3v) is 2.83. The van der Waals surface area contributed by atoms with E-state index in [0.717, 1.165) is 16.7 Å². The molecular formula is C15H15NO2. The van der Waals surface area contributed by atoms with Gasteiger partial charge in [0.15, 0.2) is 0 Å². The number of anilines is 1. The molecule has 1 aliphatic heterocycles. The standard InChI is InChI=1S/C15H15NO2/c1-3-5-14-12(4-2)13-7-6-11(16)8-10(13)9-18-15(14)17/h3-8H,2,9,16H2,1H3/b5-3-. The molecule has 2 N–H and O–H groups in total. The number of rotatable bonds is 2. The van der Waals surface area contributed by atoms with E-state index >= 15 is 0 Å². The molecule has 0 saturated carbocycles. The number of esters is 1. The number of fused-ring (bicyclic) bond motifs is 1. The van der Waals surface area contributed by atoms with E-state index in [-0.39, 0.29) is 12.6 Å². The molecule has 92 valence electrons. The zero-order valence-electron chi connectivity index (χ0n) is 10.3. The Hall–Kier alpha value is -2.29. The molecule has 3 nitrogen and oxygen atoms in total. The number of ether oxygens (including phenoxy) is 1. The van der Waals surface area contributed by atoms with Crippen LogP contribution >= 0.6 is 0 Å². The first-order valence-electron chi connectivity index (χ1n) is 5.72. The van der Waals surface area contributed by atoms with Crippen molar-refractivity contribution in [1.82, 2.24) is 0 Å². The van der Waals surface area contributed by atoms with Crippen LogP contribution in [0.3, 0.4) is 0 Å². The summed E-state index contributed by atoms with van der Waals surface area (Å²) in [6.45, 7) is 5.87. The second-order valence-corrected chi connectivity index (χ2v) is 4.02. The predicted molar refractivity (Wildman–Crippen MR) is 72.6 cm³/mol. The Labute approximate surface area is 106 Å². The van der Waals surface area contributed by atoms with E-state index in [2.05, 4.69) is 6.58 Å². The molecule has 1 aliphatic rings. The number of carbonyl (C=O) groups is 1. The zero-order valence-corrected chi connectivity index (χ0v) is 10.3. The van der Waals surface area contributed by atoms with Crippen LogP contribution in [0.1, 0.15) is 18.1 Å². The van der Waals surface area contributed by atoms with Crippen LogP contribution < -0.4 is 5.73 Å². The fraction of sp³-hybridized carbons (Fsp3) is 0.133. The van der Waals surface area contributed by atoms with Gasteiger partial charge in [-0.15, -0.1) is 0 Å². The lowest BCUT2D eigenvalue weighted by Gasteiger charge is -2.07. The fourth-order valence-electron chi connectivity index (χ4n) is 2.02. The molecule has 1 aromatic rings. The molecular weight excluding hydrogens is 226 g/mol. The smallest absolute Gasteiger partial charge is 0.339 e. The average Bonchev–Trinajstić information content (AvgIpc) is 2.48. The topological polar surface area (TPSA) is 52.3 Å². The molecule has 2 rings (SSSR count). The van der Waals surface area contributed by atoms with Crippen molar-refractivity contribution in [3.63, 3.8) is 0 Å². The van der Waals surface area contributed by atoms with Crippen molar-refractivity contribution in [2.75, 3.05) is 5.73 Å². The molecule has 1 heterocycles. The molecule has 18 heavy (non-hydrogen) atoms. The van der Waals surface area contributed by atoms with Crippen molar-refractivity contribution in [2.45, 2.75) is 13.5 Å². The summed E-state index contributed by atoms with van der Waals surface area (Å²) in [5.74, 6) is -0.335. The van der Waals surface area contributed by atoms with Gasteiger partial charge in [0.05, 0.1) is 5.57 Å². The minimum absolute atomic E-state index is 0.234. The minimum Gasteiger partial charge on any atom is -0.457 e. The Morgan fingerprint density at radius 2 is 2.17 bits per heavy atom. The van der Waals surface area contributed by atoms with Gasteiger partial charge in [0.25, 0.3) is 0 Å². The van der Waals surface area contributed by atoms with E-state index in [1.807, 2.05) is 31.2 Å². The molecule has 0 radical (unpaired) electrons. The maximum atomic E-state index is 11.9. The van der Waals surface area contributed by atoms with E-state index in [4.69, 9.17) is 10.5 Å². The molecule has 0 spiro atoms. The van der Waals surface area contributed by atoms with Gasteiger partial charge in [-0.05, 0) is 35.8 Å². The van der Waals surface area contributed by atoms with Gasteiger partial charge < -0.3 is 10.5 Å².